The van der Waals surface area contributed by atoms with E-state index >= 15 is 0 Å². The Morgan fingerprint density at radius 3 is 2.53 bits per heavy atom. The van der Waals surface area contributed by atoms with Gasteiger partial charge >= 0.3 is 5.97 Å². The van der Waals surface area contributed by atoms with Crippen molar-refractivity contribution < 1.29 is 19.5 Å². The van der Waals surface area contributed by atoms with Crippen LogP contribution in [0.15, 0.2) is 0 Å². The topological polar surface area (TPSA) is 95.5 Å². The molecule has 0 aromatic rings. The Bertz CT molecular complexity index is 317. The molecule has 0 aromatic heterocycles. The molecule has 1 saturated carbocycles. The monoisotopic (exact) mass is 242 g/mol. The lowest BCUT2D eigenvalue weighted by molar-refractivity contribution is -0.141. The summed E-state index contributed by atoms with van der Waals surface area (Å²) in [4.78, 5) is 32.7. The molecule has 2 unspecified atom stereocenters. The molecular weight excluding hydrogens is 224 g/mol. The minimum absolute atomic E-state index is 0.0408. The molecule has 2 atom stereocenters. The summed E-state index contributed by atoms with van der Waals surface area (Å²) in [5.41, 5.74) is 0. The molecule has 2 amide bonds. The van der Waals surface area contributed by atoms with E-state index in [1.165, 1.54) is 6.92 Å². The van der Waals surface area contributed by atoms with Crippen LogP contribution in [-0.4, -0.2) is 35.5 Å². The number of carboxylic acids is 1. The van der Waals surface area contributed by atoms with Gasteiger partial charge in [0.2, 0.25) is 11.8 Å². The van der Waals surface area contributed by atoms with Gasteiger partial charge in [-0.3, -0.25) is 14.4 Å². The third-order valence-corrected chi connectivity index (χ3v) is 2.87. The second-order valence-electron chi connectivity index (χ2n) is 4.35. The highest BCUT2D eigenvalue weighted by Crippen LogP contribution is 2.25. The van der Waals surface area contributed by atoms with E-state index in [2.05, 4.69) is 10.6 Å². The van der Waals surface area contributed by atoms with Crippen molar-refractivity contribution in [1.82, 2.24) is 10.6 Å². The van der Waals surface area contributed by atoms with E-state index in [0.29, 0.717) is 25.8 Å². The summed E-state index contributed by atoms with van der Waals surface area (Å²) in [5, 5.41) is 14.1. The summed E-state index contributed by atoms with van der Waals surface area (Å²) >= 11 is 0. The second kappa shape index (κ2) is 6.22. The number of carbonyl (C=O) groups excluding carboxylic acids is 2. The van der Waals surface area contributed by atoms with Crippen molar-refractivity contribution in [3.05, 3.63) is 0 Å². The van der Waals surface area contributed by atoms with Crippen molar-refractivity contribution in [2.75, 3.05) is 6.54 Å². The fraction of sp³-hybridized carbons (Fsp3) is 0.727. The maximum atomic E-state index is 11.4. The lowest BCUT2D eigenvalue weighted by atomic mass is 10.1. The lowest BCUT2D eigenvalue weighted by Gasteiger charge is -2.12. The van der Waals surface area contributed by atoms with Crippen LogP contribution >= 0.6 is 0 Å². The van der Waals surface area contributed by atoms with Gasteiger partial charge in [-0.25, -0.2) is 0 Å². The third-order valence-electron chi connectivity index (χ3n) is 2.87. The van der Waals surface area contributed by atoms with E-state index in [9.17, 15) is 14.4 Å². The maximum absolute atomic E-state index is 11.4. The molecule has 0 heterocycles. The molecule has 6 heteroatoms. The molecule has 3 N–H and O–H groups in total. The zero-order chi connectivity index (χ0) is 12.8. The number of hydrogen-bond donors (Lipinski definition) is 3. The predicted molar refractivity (Wildman–Crippen MR) is 60.2 cm³/mol. The summed E-state index contributed by atoms with van der Waals surface area (Å²) in [5.74, 6) is -1.44. The first-order chi connectivity index (χ1) is 7.99. The Morgan fingerprint density at radius 1 is 1.29 bits per heavy atom. The van der Waals surface area contributed by atoms with Crippen LogP contribution in [0.1, 0.15) is 32.6 Å². The van der Waals surface area contributed by atoms with Crippen LogP contribution in [0, 0.1) is 5.92 Å². The van der Waals surface area contributed by atoms with Gasteiger partial charge in [0.25, 0.3) is 0 Å². The van der Waals surface area contributed by atoms with Crippen molar-refractivity contribution in [1.29, 1.82) is 0 Å². The van der Waals surface area contributed by atoms with Gasteiger partial charge in [0.1, 0.15) is 0 Å². The fourth-order valence-electron chi connectivity index (χ4n) is 1.99. The van der Waals surface area contributed by atoms with E-state index in [1.807, 2.05) is 0 Å². The van der Waals surface area contributed by atoms with E-state index in [-0.39, 0.29) is 30.2 Å². The highest BCUT2D eigenvalue weighted by atomic mass is 16.4. The summed E-state index contributed by atoms with van der Waals surface area (Å²) in [7, 11) is 0. The number of rotatable bonds is 5. The van der Waals surface area contributed by atoms with Gasteiger partial charge < -0.3 is 15.7 Å². The third kappa shape index (κ3) is 4.84. The Morgan fingerprint density at radius 2 is 2.00 bits per heavy atom. The van der Waals surface area contributed by atoms with Crippen molar-refractivity contribution in [3.63, 3.8) is 0 Å². The van der Waals surface area contributed by atoms with Crippen LogP contribution in [0.4, 0.5) is 0 Å². The molecule has 0 radical (unpaired) electrons. The zero-order valence-corrected chi connectivity index (χ0v) is 9.86. The highest BCUT2D eigenvalue weighted by Gasteiger charge is 2.30. The van der Waals surface area contributed by atoms with Crippen molar-refractivity contribution in [2.24, 2.45) is 5.92 Å². The van der Waals surface area contributed by atoms with E-state index in [4.69, 9.17) is 5.11 Å². The van der Waals surface area contributed by atoms with E-state index < -0.39 is 5.97 Å². The Hall–Kier alpha value is -1.59. The number of aliphatic carboxylic acids is 1. The molecule has 0 aromatic carbocycles. The molecule has 1 aliphatic rings. The van der Waals surface area contributed by atoms with Gasteiger partial charge in [0.15, 0.2) is 0 Å². The molecule has 0 aliphatic heterocycles. The largest absolute Gasteiger partial charge is 0.481 e. The van der Waals surface area contributed by atoms with Crippen molar-refractivity contribution in [3.8, 4) is 0 Å². The first-order valence-corrected chi connectivity index (χ1v) is 5.75. The molecule has 6 nitrogen and oxygen atoms in total. The molecule has 0 spiro atoms. The second-order valence-corrected chi connectivity index (χ2v) is 4.35. The highest BCUT2D eigenvalue weighted by molar-refractivity contribution is 5.78. The quantitative estimate of drug-likeness (QED) is 0.626. The van der Waals surface area contributed by atoms with Crippen LogP contribution in [0.5, 0.6) is 0 Å². The normalized spacial score (nSPS) is 23.1. The molecule has 0 saturated heterocycles. The Kier molecular flexibility index (Phi) is 4.93. The van der Waals surface area contributed by atoms with Gasteiger partial charge in [0.05, 0.1) is 5.92 Å². The van der Waals surface area contributed by atoms with Crippen LogP contribution < -0.4 is 10.6 Å². The van der Waals surface area contributed by atoms with E-state index in [0.717, 1.165) is 0 Å². The number of hydrogen-bond acceptors (Lipinski definition) is 3. The molecule has 1 fully saturated rings. The van der Waals surface area contributed by atoms with Crippen LogP contribution in [0.3, 0.4) is 0 Å². The lowest BCUT2D eigenvalue weighted by Crippen LogP contribution is -2.35. The number of carbonyl (C=O) groups is 3. The molecule has 1 aliphatic carbocycles. The van der Waals surface area contributed by atoms with Crippen LogP contribution in [0.2, 0.25) is 0 Å². The Balaban J connectivity index is 2.19. The summed E-state index contributed by atoms with van der Waals surface area (Å²) in [6.45, 7) is 1.71. The Labute approximate surface area is 99.8 Å². The molecule has 0 bridgehead atoms. The first kappa shape index (κ1) is 13.5. The van der Waals surface area contributed by atoms with Gasteiger partial charge in [-0.2, -0.15) is 0 Å². The number of carboxylic acid groups (broad SMARTS) is 1. The van der Waals surface area contributed by atoms with Gasteiger partial charge in [-0.05, 0) is 19.3 Å². The van der Waals surface area contributed by atoms with Gasteiger partial charge in [-0.15, -0.1) is 0 Å². The average Bonchev–Trinajstić information content (AvgIpc) is 2.65. The molecular formula is C11H18N2O4. The smallest absolute Gasteiger partial charge is 0.306 e. The molecule has 1 rings (SSSR count). The average molecular weight is 242 g/mol. The van der Waals surface area contributed by atoms with Gasteiger partial charge in [-0.1, -0.05) is 0 Å². The number of nitrogens with one attached hydrogen (secondary N) is 2. The standard InChI is InChI=1S/C11H18N2O4/c1-7(14)12-5-4-10(15)13-9-3-2-8(6-9)11(16)17/h8-9H,2-6H2,1H3,(H,12,14)(H,13,15)(H,16,17). The van der Waals surface area contributed by atoms with Gasteiger partial charge in [0, 0.05) is 25.9 Å². The zero-order valence-electron chi connectivity index (χ0n) is 9.86. The summed E-state index contributed by atoms with van der Waals surface area (Å²) in [6.07, 6.45) is 2.06. The molecule has 96 valence electrons. The summed E-state index contributed by atoms with van der Waals surface area (Å²) < 4.78 is 0. The van der Waals surface area contributed by atoms with Crippen molar-refractivity contribution >= 4 is 17.8 Å². The van der Waals surface area contributed by atoms with Crippen molar-refractivity contribution in [2.45, 2.75) is 38.6 Å². The minimum Gasteiger partial charge on any atom is -0.481 e. The summed E-state index contributed by atoms with van der Waals surface area (Å²) in [6, 6.07) is -0.0408. The maximum Gasteiger partial charge on any atom is 0.306 e. The number of amides is 2. The first-order valence-electron chi connectivity index (χ1n) is 5.75. The van der Waals surface area contributed by atoms with Crippen LogP contribution in [0.25, 0.3) is 0 Å². The van der Waals surface area contributed by atoms with E-state index in [1.54, 1.807) is 0 Å². The fourth-order valence-corrected chi connectivity index (χ4v) is 1.99. The van der Waals surface area contributed by atoms with Crippen LogP contribution in [-0.2, 0) is 14.4 Å². The molecule has 17 heavy (non-hydrogen) atoms. The predicted octanol–water partition coefficient (Wildman–Crippen LogP) is -0.118. The minimum atomic E-state index is -0.792. The SMILES string of the molecule is CC(=O)NCCC(=O)NC1CCC(C(=O)O)C1.